The van der Waals surface area contributed by atoms with E-state index in [9.17, 15) is 8.78 Å². The Morgan fingerprint density at radius 2 is 1.29 bits per heavy atom. The predicted octanol–water partition coefficient (Wildman–Crippen LogP) is 6.35. The lowest BCUT2D eigenvalue weighted by Gasteiger charge is -2.05. The van der Waals surface area contributed by atoms with Gasteiger partial charge in [-0.05, 0) is 53.8 Å². The van der Waals surface area contributed by atoms with Crippen molar-refractivity contribution in [3.05, 3.63) is 89.0 Å². The fourth-order valence-electron chi connectivity index (χ4n) is 2.99. The first-order chi connectivity index (χ1) is 13.6. The summed E-state index contributed by atoms with van der Waals surface area (Å²) in [6.07, 6.45) is 4.84. The van der Waals surface area contributed by atoms with Gasteiger partial charge in [-0.1, -0.05) is 68.0 Å². The molecule has 0 saturated heterocycles. The lowest BCUT2D eigenvalue weighted by atomic mass is 10.0. The number of hydrogen-bond acceptors (Lipinski definition) is 1. The second-order valence-electron chi connectivity index (χ2n) is 6.83. The minimum Gasteiger partial charge on any atom is -0.394 e. The monoisotopic (exact) mass is 375 g/mol. The molecule has 0 unspecified atom stereocenters. The van der Waals surface area contributed by atoms with Crippen LogP contribution < -0.4 is 5.73 Å². The van der Waals surface area contributed by atoms with Gasteiger partial charge >= 0.3 is 0 Å². The molecule has 0 radical (unpaired) electrons. The van der Waals surface area contributed by atoms with Gasteiger partial charge in [-0.2, -0.15) is 0 Å². The molecule has 0 aromatic heterocycles. The third-order valence-electron chi connectivity index (χ3n) is 4.67. The van der Waals surface area contributed by atoms with Crippen molar-refractivity contribution in [2.45, 2.75) is 32.6 Å². The maximum absolute atomic E-state index is 13.5. The summed E-state index contributed by atoms with van der Waals surface area (Å²) in [4.78, 5) is 0. The Morgan fingerprint density at radius 1 is 0.750 bits per heavy atom. The highest BCUT2D eigenvalue weighted by atomic mass is 19.1. The van der Waals surface area contributed by atoms with E-state index in [1.165, 1.54) is 24.8 Å². The molecule has 0 saturated carbocycles. The van der Waals surface area contributed by atoms with Gasteiger partial charge in [0.1, 0.15) is 17.3 Å². The molecule has 0 spiro atoms. The fraction of sp³-hybridized carbons (Fsp3) is 0.200. The number of benzene rings is 3. The number of nitrogen functional groups attached to an aromatic ring is 1. The molecule has 3 aromatic carbocycles. The highest BCUT2D eigenvalue weighted by Crippen LogP contribution is 2.21. The van der Waals surface area contributed by atoms with Gasteiger partial charge in [-0.15, -0.1) is 0 Å². The van der Waals surface area contributed by atoms with E-state index in [4.69, 9.17) is 5.73 Å². The second kappa shape index (κ2) is 9.19. The van der Waals surface area contributed by atoms with Crippen molar-refractivity contribution in [1.82, 2.24) is 0 Å². The Morgan fingerprint density at radius 3 is 1.86 bits per heavy atom. The molecule has 0 bridgehead atoms. The molecule has 3 rings (SSSR count). The summed E-state index contributed by atoms with van der Waals surface area (Å²) in [7, 11) is 0. The van der Waals surface area contributed by atoms with Crippen LogP contribution in [0.4, 0.5) is 14.5 Å². The van der Waals surface area contributed by atoms with Crippen molar-refractivity contribution in [3.8, 4) is 23.0 Å². The molecule has 0 fully saturated rings. The Labute approximate surface area is 165 Å². The van der Waals surface area contributed by atoms with Crippen molar-refractivity contribution in [3.63, 3.8) is 0 Å². The van der Waals surface area contributed by atoms with E-state index in [1.807, 2.05) is 24.3 Å². The largest absolute Gasteiger partial charge is 0.394 e. The van der Waals surface area contributed by atoms with Gasteiger partial charge in [-0.25, -0.2) is 8.78 Å². The second-order valence-corrected chi connectivity index (χ2v) is 6.83. The Bertz CT molecular complexity index is 970. The van der Waals surface area contributed by atoms with Gasteiger partial charge in [-0.3, -0.25) is 0 Å². The number of unbranched alkanes of at least 4 members (excludes halogenated alkanes) is 2. The highest BCUT2D eigenvalue weighted by Gasteiger charge is 2.06. The van der Waals surface area contributed by atoms with Crippen LogP contribution in [0.15, 0.2) is 60.7 Å². The average molecular weight is 375 g/mol. The molecule has 1 nitrogen and oxygen atoms in total. The minimum atomic E-state index is -0.794. The molecule has 0 amide bonds. The molecule has 0 aliphatic rings. The first-order valence-corrected chi connectivity index (χ1v) is 9.52. The molecule has 142 valence electrons. The van der Waals surface area contributed by atoms with E-state index in [1.54, 1.807) is 0 Å². The zero-order valence-electron chi connectivity index (χ0n) is 15.9. The molecular weight excluding hydrogens is 352 g/mol. The summed E-state index contributed by atoms with van der Waals surface area (Å²) in [5.41, 5.74) is 9.45. The van der Waals surface area contributed by atoms with Gasteiger partial charge in [0.25, 0.3) is 0 Å². The zero-order chi connectivity index (χ0) is 19.9. The number of nitrogens with two attached hydrogens (primary N) is 1. The average Bonchev–Trinajstić information content (AvgIpc) is 2.71. The normalized spacial score (nSPS) is 10.4. The van der Waals surface area contributed by atoms with E-state index >= 15 is 0 Å². The Kier molecular flexibility index (Phi) is 6.45. The summed E-state index contributed by atoms with van der Waals surface area (Å²) in [6, 6.07) is 18.7. The minimum absolute atomic E-state index is 0.256. The molecule has 0 atom stereocenters. The van der Waals surface area contributed by atoms with Crippen molar-refractivity contribution in [2.75, 3.05) is 5.73 Å². The number of rotatable bonds is 5. The third-order valence-corrected chi connectivity index (χ3v) is 4.67. The van der Waals surface area contributed by atoms with Gasteiger partial charge in [0, 0.05) is 11.1 Å². The third kappa shape index (κ3) is 4.98. The standard InChI is InChI=1S/C25H23F2N/c1-2-3-4-5-18-8-12-21(13-9-18)22-14-10-19(11-15-22)6-7-20-16-23(26)25(28)24(27)17-20/h8-17H,2-5,28H2,1H3. The summed E-state index contributed by atoms with van der Waals surface area (Å²) >= 11 is 0. The zero-order valence-corrected chi connectivity index (χ0v) is 15.9. The van der Waals surface area contributed by atoms with Crippen molar-refractivity contribution in [1.29, 1.82) is 0 Å². The lowest BCUT2D eigenvalue weighted by molar-refractivity contribution is 0.591. The quantitative estimate of drug-likeness (QED) is 0.314. The molecule has 3 heteroatoms. The van der Waals surface area contributed by atoms with Crippen LogP contribution in [0.1, 0.15) is 42.9 Å². The molecule has 0 aliphatic carbocycles. The SMILES string of the molecule is CCCCCc1ccc(-c2ccc(C#Cc3cc(F)c(N)c(F)c3)cc2)cc1. The van der Waals surface area contributed by atoms with Gasteiger partial charge in [0.05, 0.1) is 0 Å². The van der Waals surface area contributed by atoms with Gasteiger partial charge < -0.3 is 5.73 Å². The topological polar surface area (TPSA) is 26.0 Å². The van der Waals surface area contributed by atoms with Crippen LogP contribution in [0.5, 0.6) is 0 Å². The maximum atomic E-state index is 13.5. The summed E-state index contributed by atoms with van der Waals surface area (Å²) in [6.45, 7) is 2.21. The number of anilines is 1. The predicted molar refractivity (Wildman–Crippen MR) is 112 cm³/mol. The van der Waals surface area contributed by atoms with Crippen LogP contribution in [-0.2, 0) is 6.42 Å². The summed E-state index contributed by atoms with van der Waals surface area (Å²) < 4.78 is 27.0. The van der Waals surface area contributed by atoms with Crippen LogP contribution in [0, 0.1) is 23.5 Å². The molecule has 28 heavy (non-hydrogen) atoms. The van der Waals surface area contributed by atoms with Crippen molar-refractivity contribution in [2.24, 2.45) is 0 Å². The van der Waals surface area contributed by atoms with E-state index in [0.717, 1.165) is 35.2 Å². The van der Waals surface area contributed by atoms with E-state index in [-0.39, 0.29) is 5.56 Å². The van der Waals surface area contributed by atoms with Crippen LogP contribution >= 0.6 is 0 Å². The number of aryl methyl sites for hydroxylation is 1. The lowest BCUT2D eigenvalue weighted by Crippen LogP contribution is -1.96. The van der Waals surface area contributed by atoms with E-state index in [0.29, 0.717) is 0 Å². The molecular formula is C25H23F2N. The van der Waals surface area contributed by atoms with Crippen LogP contribution in [0.25, 0.3) is 11.1 Å². The molecule has 0 aliphatic heterocycles. The molecule has 2 N–H and O–H groups in total. The maximum Gasteiger partial charge on any atom is 0.150 e. The Balaban J connectivity index is 1.70. The fourth-order valence-corrected chi connectivity index (χ4v) is 2.99. The number of hydrogen-bond donors (Lipinski definition) is 1. The summed E-state index contributed by atoms with van der Waals surface area (Å²) in [5, 5.41) is 0. The van der Waals surface area contributed by atoms with Gasteiger partial charge in [0.15, 0.2) is 0 Å². The smallest absolute Gasteiger partial charge is 0.150 e. The summed E-state index contributed by atoms with van der Waals surface area (Å²) in [5.74, 6) is 4.12. The van der Waals surface area contributed by atoms with E-state index < -0.39 is 17.3 Å². The Hall–Kier alpha value is -3.12. The van der Waals surface area contributed by atoms with Crippen LogP contribution in [0.3, 0.4) is 0 Å². The first-order valence-electron chi connectivity index (χ1n) is 9.52. The number of halogens is 2. The first kappa shape index (κ1) is 19.6. The molecule has 3 aromatic rings. The van der Waals surface area contributed by atoms with Crippen LogP contribution in [-0.4, -0.2) is 0 Å². The highest BCUT2D eigenvalue weighted by molar-refractivity contribution is 5.65. The van der Waals surface area contributed by atoms with Crippen molar-refractivity contribution < 1.29 is 8.78 Å². The molecule has 0 heterocycles. The van der Waals surface area contributed by atoms with Crippen LogP contribution in [0.2, 0.25) is 0 Å². The van der Waals surface area contributed by atoms with Gasteiger partial charge in [0.2, 0.25) is 0 Å². The van der Waals surface area contributed by atoms with E-state index in [2.05, 4.69) is 43.0 Å². The van der Waals surface area contributed by atoms with Crippen molar-refractivity contribution >= 4 is 5.69 Å².